The predicted octanol–water partition coefficient (Wildman–Crippen LogP) is 2.11. The van der Waals surface area contributed by atoms with Crippen molar-refractivity contribution >= 4 is 5.97 Å². The van der Waals surface area contributed by atoms with Crippen LogP contribution in [-0.4, -0.2) is 45.2 Å². The Morgan fingerprint density at radius 1 is 1.46 bits per heavy atom. The number of ether oxygens (including phenoxy) is 1. The maximum Gasteiger partial charge on any atom is 0.339 e. The van der Waals surface area contributed by atoms with Gasteiger partial charge in [-0.2, -0.15) is 0 Å². The molecule has 6 heteroatoms. The molecule has 24 heavy (non-hydrogen) atoms. The third-order valence-electron chi connectivity index (χ3n) is 4.90. The van der Waals surface area contributed by atoms with Gasteiger partial charge in [-0.05, 0) is 44.2 Å². The van der Waals surface area contributed by atoms with Crippen LogP contribution in [0, 0.1) is 5.92 Å². The van der Waals surface area contributed by atoms with Crippen LogP contribution in [0.3, 0.4) is 0 Å². The van der Waals surface area contributed by atoms with Crippen LogP contribution in [0.15, 0.2) is 24.3 Å². The Morgan fingerprint density at radius 3 is 2.67 bits per heavy atom. The third-order valence-corrected chi connectivity index (χ3v) is 4.90. The highest BCUT2D eigenvalue weighted by molar-refractivity contribution is 5.91. The van der Waals surface area contributed by atoms with Gasteiger partial charge in [0, 0.05) is 12.0 Å². The van der Waals surface area contributed by atoms with Gasteiger partial charge in [-0.25, -0.2) is 4.79 Å². The van der Waals surface area contributed by atoms with E-state index in [0.717, 1.165) is 5.57 Å². The molecule has 6 nitrogen and oxygen atoms in total. The fourth-order valence-corrected chi connectivity index (χ4v) is 3.17. The molecule has 2 rings (SSSR count). The van der Waals surface area contributed by atoms with Crippen LogP contribution in [-0.2, 0) is 6.42 Å². The van der Waals surface area contributed by atoms with Gasteiger partial charge in [-0.15, -0.1) is 0 Å². The molecule has 0 spiro atoms. The van der Waals surface area contributed by atoms with Crippen molar-refractivity contribution in [1.82, 2.24) is 0 Å². The number of aromatic hydroxyl groups is 1. The Bertz CT molecular complexity index is 649. The Kier molecular flexibility index (Phi) is 5.20. The maximum atomic E-state index is 11.2. The molecular formula is C18H24O6. The lowest BCUT2D eigenvalue weighted by Crippen LogP contribution is -2.44. The summed E-state index contributed by atoms with van der Waals surface area (Å²) in [5.41, 5.74) is -0.153. The first-order chi connectivity index (χ1) is 11.2. The Balaban J connectivity index is 2.23. The number of benzene rings is 1. The molecule has 0 unspecified atom stereocenters. The van der Waals surface area contributed by atoms with E-state index in [2.05, 4.69) is 6.58 Å². The summed E-state index contributed by atoms with van der Waals surface area (Å²) in [7, 11) is 1.45. The van der Waals surface area contributed by atoms with Gasteiger partial charge in [0.2, 0.25) is 0 Å². The quantitative estimate of drug-likeness (QED) is 0.614. The topological polar surface area (TPSA) is 107 Å². The average Bonchev–Trinajstić information content (AvgIpc) is 2.51. The van der Waals surface area contributed by atoms with Crippen molar-refractivity contribution in [1.29, 1.82) is 0 Å². The highest BCUT2D eigenvalue weighted by Gasteiger charge is 2.38. The van der Waals surface area contributed by atoms with Crippen LogP contribution in [0.4, 0.5) is 0 Å². The van der Waals surface area contributed by atoms with Gasteiger partial charge in [-0.1, -0.05) is 12.2 Å². The summed E-state index contributed by atoms with van der Waals surface area (Å²) in [5.74, 6) is -1.17. The second kappa shape index (κ2) is 6.83. The van der Waals surface area contributed by atoms with E-state index >= 15 is 0 Å². The van der Waals surface area contributed by atoms with E-state index in [0.29, 0.717) is 30.6 Å². The van der Waals surface area contributed by atoms with Gasteiger partial charge in [0.25, 0.3) is 0 Å². The number of rotatable bonds is 5. The molecule has 0 saturated heterocycles. The van der Waals surface area contributed by atoms with Crippen molar-refractivity contribution in [2.45, 2.75) is 44.3 Å². The minimum Gasteiger partial charge on any atom is -0.507 e. The molecule has 0 bridgehead atoms. The minimum atomic E-state index is -1.22. The first-order valence-electron chi connectivity index (χ1n) is 7.87. The second-order valence-electron chi connectivity index (χ2n) is 6.63. The highest BCUT2D eigenvalue weighted by Crippen LogP contribution is 2.39. The molecule has 1 aromatic carbocycles. The molecule has 1 aliphatic carbocycles. The molecule has 0 radical (unpaired) electrons. The van der Waals surface area contributed by atoms with Crippen molar-refractivity contribution in [3.8, 4) is 11.5 Å². The van der Waals surface area contributed by atoms with Crippen LogP contribution in [0.1, 0.15) is 42.1 Å². The zero-order chi connectivity index (χ0) is 18.1. The number of hydrogen-bond donors (Lipinski definition) is 4. The molecule has 1 saturated carbocycles. The van der Waals surface area contributed by atoms with Crippen LogP contribution < -0.4 is 4.74 Å². The highest BCUT2D eigenvalue weighted by atomic mass is 16.5. The van der Waals surface area contributed by atoms with Crippen molar-refractivity contribution in [3.05, 3.63) is 35.4 Å². The second-order valence-corrected chi connectivity index (χ2v) is 6.63. The van der Waals surface area contributed by atoms with Crippen LogP contribution in [0.5, 0.6) is 11.5 Å². The van der Waals surface area contributed by atoms with E-state index in [9.17, 15) is 20.1 Å². The number of methoxy groups -OCH3 is 1. The largest absolute Gasteiger partial charge is 0.507 e. The molecule has 3 atom stereocenters. The molecule has 1 aromatic rings. The normalized spacial score (nSPS) is 26.8. The number of carboxylic acids is 1. The lowest BCUT2D eigenvalue weighted by atomic mass is 9.74. The molecule has 4 N–H and O–H groups in total. The van der Waals surface area contributed by atoms with Crippen molar-refractivity contribution in [3.63, 3.8) is 0 Å². The SMILES string of the molecule is C=C(Cc1c(OC)ccc(C(=O)O)c1O)[C@@H]1CC[C@](C)(O)[C@H](O)C1. The van der Waals surface area contributed by atoms with E-state index in [1.54, 1.807) is 6.92 Å². The molecule has 0 aromatic heterocycles. The number of carbonyl (C=O) groups is 1. The Hall–Kier alpha value is -2.05. The van der Waals surface area contributed by atoms with Gasteiger partial charge >= 0.3 is 5.97 Å². The monoisotopic (exact) mass is 336 g/mol. The third kappa shape index (κ3) is 3.55. The number of aliphatic hydroxyl groups is 2. The van der Waals surface area contributed by atoms with E-state index in [1.807, 2.05) is 0 Å². The van der Waals surface area contributed by atoms with Crippen LogP contribution in [0.2, 0.25) is 0 Å². The number of hydrogen-bond acceptors (Lipinski definition) is 5. The molecule has 1 fully saturated rings. The van der Waals surface area contributed by atoms with Gasteiger partial charge < -0.3 is 25.2 Å². The van der Waals surface area contributed by atoms with Crippen molar-refractivity contribution < 1.29 is 30.0 Å². The summed E-state index contributed by atoms with van der Waals surface area (Å²) in [6, 6.07) is 2.80. The summed E-state index contributed by atoms with van der Waals surface area (Å²) in [6.45, 7) is 5.65. The van der Waals surface area contributed by atoms with Crippen LogP contribution >= 0.6 is 0 Å². The van der Waals surface area contributed by atoms with Crippen LogP contribution in [0.25, 0.3) is 0 Å². The van der Waals surface area contributed by atoms with Gasteiger partial charge in [0.1, 0.15) is 17.1 Å². The van der Waals surface area contributed by atoms with Gasteiger partial charge in [-0.3, -0.25) is 0 Å². The number of aromatic carboxylic acids is 1. The standard InChI is InChI=1S/C18H24O6/c1-10(11-6-7-18(2,23)15(19)9-11)8-13-14(24-3)5-4-12(16(13)20)17(21)22/h4-5,11,15,19-20,23H,1,6-9H2,2-3H3,(H,21,22)/t11-,15-,18+/m1/s1. The predicted molar refractivity (Wildman–Crippen MR) is 88.4 cm³/mol. The number of carboxylic acid groups (broad SMARTS) is 1. The molecule has 0 heterocycles. The first kappa shape index (κ1) is 18.3. The first-order valence-corrected chi connectivity index (χ1v) is 7.87. The van der Waals surface area contributed by atoms with Crippen molar-refractivity contribution in [2.24, 2.45) is 5.92 Å². The van der Waals surface area contributed by atoms with Gasteiger partial charge in [0.15, 0.2) is 0 Å². The zero-order valence-corrected chi connectivity index (χ0v) is 14.0. The number of phenols is 1. The summed E-state index contributed by atoms with van der Waals surface area (Å²) in [4.78, 5) is 11.2. The van der Waals surface area contributed by atoms with E-state index in [1.165, 1.54) is 19.2 Å². The lowest BCUT2D eigenvalue weighted by molar-refractivity contribution is -0.0954. The lowest BCUT2D eigenvalue weighted by Gasteiger charge is -2.38. The fraction of sp³-hybridized carbons (Fsp3) is 0.500. The number of allylic oxidation sites excluding steroid dienone is 1. The average molecular weight is 336 g/mol. The molecule has 0 amide bonds. The zero-order valence-electron chi connectivity index (χ0n) is 14.0. The summed E-state index contributed by atoms with van der Waals surface area (Å²) >= 11 is 0. The maximum absolute atomic E-state index is 11.2. The minimum absolute atomic E-state index is 0.0159. The molecule has 1 aliphatic rings. The van der Waals surface area contributed by atoms with E-state index in [4.69, 9.17) is 9.84 Å². The molecule has 132 valence electrons. The number of aliphatic hydroxyl groups excluding tert-OH is 1. The van der Waals surface area contributed by atoms with E-state index < -0.39 is 17.7 Å². The molecule has 0 aliphatic heterocycles. The smallest absolute Gasteiger partial charge is 0.339 e. The van der Waals surface area contributed by atoms with E-state index in [-0.39, 0.29) is 23.7 Å². The van der Waals surface area contributed by atoms with Gasteiger partial charge in [0.05, 0.1) is 18.8 Å². The summed E-state index contributed by atoms with van der Waals surface area (Å²) < 4.78 is 5.22. The summed E-state index contributed by atoms with van der Waals surface area (Å²) in [5, 5.41) is 39.5. The Labute approximate surface area is 141 Å². The molecular weight excluding hydrogens is 312 g/mol. The fourth-order valence-electron chi connectivity index (χ4n) is 3.17. The van der Waals surface area contributed by atoms with Crippen molar-refractivity contribution in [2.75, 3.05) is 7.11 Å². The Morgan fingerprint density at radius 2 is 2.12 bits per heavy atom. The summed E-state index contributed by atoms with van der Waals surface area (Å²) in [6.07, 6.45) is 0.915.